The topological polar surface area (TPSA) is 64.6 Å². The molecule has 0 aromatic heterocycles. The number of esters is 1. The summed E-state index contributed by atoms with van der Waals surface area (Å²) in [4.78, 5) is 23.8. The summed E-state index contributed by atoms with van der Waals surface area (Å²) in [7, 11) is 1.54. The SMILES string of the molecule is COc1ccc(C(=O)OCC(=O)N[C@@H](C)c2ccc(Cl)cc2)cc1. The summed E-state index contributed by atoms with van der Waals surface area (Å²) in [5.74, 6) is -0.299. The molecule has 1 N–H and O–H groups in total. The Morgan fingerprint density at radius 2 is 1.71 bits per heavy atom. The summed E-state index contributed by atoms with van der Waals surface area (Å²) in [6.45, 7) is 1.50. The highest BCUT2D eigenvalue weighted by Crippen LogP contribution is 2.16. The smallest absolute Gasteiger partial charge is 0.338 e. The fourth-order valence-corrected chi connectivity index (χ4v) is 2.19. The normalized spacial score (nSPS) is 11.5. The van der Waals surface area contributed by atoms with Gasteiger partial charge in [-0.2, -0.15) is 0 Å². The Kier molecular flexibility index (Phi) is 6.21. The van der Waals surface area contributed by atoms with Crippen LogP contribution in [0.3, 0.4) is 0 Å². The number of carbonyl (C=O) groups excluding carboxylic acids is 2. The molecule has 0 saturated carbocycles. The quantitative estimate of drug-likeness (QED) is 0.813. The van der Waals surface area contributed by atoms with E-state index >= 15 is 0 Å². The Morgan fingerprint density at radius 1 is 1.08 bits per heavy atom. The molecule has 0 saturated heterocycles. The number of hydrogen-bond acceptors (Lipinski definition) is 4. The third kappa shape index (κ3) is 4.99. The molecular formula is C18H18ClNO4. The van der Waals surface area contributed by atoms with Crippen molar-refractivity contribution >= 4 is 23.5 Å². The molecule has 0 unspecified atom stereocenters. The number of nitrogens with one attached hydrogen (secondary N) is 1. The predicted octanol–water partition coefficient (Wildman–Crippen LogP) is 3.38. The van der Waals surface area contributed by atoms with Crippen LogP contribution < -0.4 is 10.1 Å². The maximum Gasteiger partial charge on any atom is 0.338 e. The van der Waals surface area contributed by atoms with Gasteiger partial charge in [0.1, 0.15) is 5.75 Å². The highest BCUT2D eigenvalue weighted by Gasteiger charge is 2.13. The number of amides is 1. The molecule has 2 aromatic carbocycles. The van der Waals surface area contributed by atoms with Gasteiger partial charge in [0.05, 0.1) is 18.7 Å². The van der Waals surface area contributed by atoms with Crippen LogP contribution >= 0.6 is 11.6 Å². The number of hydrogen-bond donors (Lipinski definition) is 1. The van der Waals surface area contributed by atoms with Gasteiger partial charge in [0, 0.05) is 5.02 Å². The highest BCUT2D eigenvalue weighted by atomic mass is 35.5. The summed E-state index contributed by atoms with van der Waals surface area (Å²) in [5, 5.41) is 3.39. The lowest BCUT2D eigenvalue weighted by atomic mass is 10.1. The van der Waals surface area contributed by atoms with Crippen LogP contribution in [-0.4, -0.2) is 25.6 Å². The lowest BCUT2D eigenvalue weighted by Gasteiger charge is -2.14. The zero-order valence-electron chi connectivity index (χ0n) is 13.4. The molecule has 1 amide bonds. The van der Waals surface area contributed by atoms with E-state index in [-0.39, 0.29) is 18.6 Å². The minimum absolute atomic E-state index is 0.213. The molecule has 0 aliphatic carbocycles. The van der Waals surface area contributed by atoms with E-state index in [1.165, 1.54) is 0 Å². The lowest BCUT2D eigenvalue weighted by Crippen LogP contribution is -2.31. The van der Waals surface area contributed by atoms with Gasteiger partial charge >= 0.3 is 5.97 Å². The molecule has 5 nitrogen and oxygen atoms in total. The van der Waals surface area contributed by atoms with Gasteiger partial charge in [0.15, 0.2) is 6.61 Å². The summed E-state index contributed by atoms with van der Waals surface area (Å²) in [6.07, 6.45) is 0. The number of benzene rings is 2. The first-order chi connectivity index (χ1) is 11.5. The number of methoxy groups -OCH3 is 1. The van der Waals surface area contributed by atoms with Gasteiger partial charge in [-0.05, 0) is 48.9 Å². The zero-order chi connectivity index (χ0) is 17.5. The van der Waals surface area contributed by atoms with Crippen molar-refractivity contribution in [2.24, 2.45) is 0 Å². The number of rotatable bonds is 6. The Hall–Kier alpha value is -2.53. The second-order valence-electron chi connectivity index (χ2n) is 5.15. The Balaban J connectivity index is 1.83. The van der Waals surface area contributed by atoms with E-state index in [1.807, 2.05) is 19.1 Å². The standard InChI is InChI=1S/C18H18ClNO4/c1-12(13-3-7-15(19)8-4-13)20-17(21)11-24-18(22)14-5-9-16(23-2)10-6-14/h3-10,12H,11H2,1-2H3,(H,20,21)/t12-/m0/s1. The van der Waals surface area contributed by atoms with Crippen LogP contribution in [0.4, 0.5) is 0 Å². The van der Waals surface area contributed by atoms with Gasteiger partial charge in [0.25, 0.3) is 5.91 Å². The zero-order valence-corrected chi connectivity index (χ0v) is 14.2. The van der Waals surface area contributed by atoms with Gasteiger partial charge < -0.3 is 14.8 Å². The molecule has 0 bridgehead atoms. The predicted molar refractivity (Wildman–Crippen MR) is 91.3 cm³/mol. The summed E-state index contributed by atoms with van der Waals surface area (Å²) >= 11 is 5.83. The number of ether oxygens (including phenoxy) is 2. The second kappa shape index (κ2) is 8.36. The van der Waals surface area contributed by atoms with Crippen molar-refractivity contribution < 1.29 is 19.1 Å². The largest absolute Gasteiger partial charge is 0.497 e. The van der Waals surface area contributed by atoms with Gasteiger partial charge in [-0.15, -0.1) is 0 Å². The van der Waals surface area contributed by atoms with E-state index < -0.39 is 5.97 Å². The molecule has 1 atom stereocenters. The molecule has 6 heteroatoms. The van der Waals surface area contributed by atoms with Crippen molar-refractivity contribution in [1.29, 1.82) is 0 Å². The molecule has 0 aliphatic rings. The minimum Gasteiger partial charge on any atom is -0.497 e. The highest BCUT2D eigenvalue weighted by molar-refractivity contribution is 6.30. The molecule has 0 spiro atoms. The summed E-state index contributed by atoms with van der Waals surface area (Å²) < 4.78 is 10.0. The third-order valence-corrected chi connectivity index (χ3v) is 3.66. The van der Waals surface area contributed by atoms with Crippen molar-refractivity contribution in [3.8, 4) is 5.75 Å². The molecule has 2 rings (SSSR count). The molecular weight excluding hydrogens is 330 g/mol. The van der Waals surface area contributed by atoms with Crippen molar-refractivity contribution in [2.45, 2.75) is 13.0 Å². The molecule has 0 radical (unpaired) electrons. The maximum absolute atomic E-state index is 11.9. The maximum atomic E-state index is 11.9. The van der Waals surface area contributed by atoms with Crippen LogP contribution in [0.25, 0.3) is 0 Å². The van der Waals surface area contributed by atoms with Gasteiger partial charge in [-0.25, -0.2) is 4.79 Å². The Morgan fingerprint density at radius 3 is 2.29 bits per heavy atom. The lowest BCUT2D eigenvalue weighted by molar-refractivity contribution is -0.124. The van der Waals surface area contributed by atoms with E-state index in [1.54, 1.807) is 43.5 Å². The van der Waals surface area contributed by atoms with Crippen LogP contribution in [0.15, 0.2) is 48.5 Å². The third-order valence-electron chi connectivity index (χ3n) is 3.41. The molecule has 0 aliphatic heterocycles. The van der Waals surface area contributed by atoms with Gasteiger partial charge in [-0.1, -0.05) is 23.7 Å². The Bertz CT molecular complexity index is 698. The van der Waals surface area contributed by atoms with Crippen molar-refractivity contribution in [1.82, 2.24) is 5.32 Å². The average molecular weight is 348 g/mol. The molecule has 0 heterocycles. The van der Waals surface area contributed by atoms with E-state index in [4.69, 9.17) is 21.1 Å². The Labute approximate surface area is 145 Å². The molecule has 24 heavy (non-hydrogen) atoms. The first-order valence-corrected chi connectivity index (χ1v) is 7.73. The van der Waals surface area contributed by atoms with Crippen LogP contribution in [0.5, 0.6) is 5.75 Å². The van der Waals surface area contributed by atoms with Crippen LogP contribution in [0.2, 0.25) is 5.02 Å². The van der Waals surface area contributed by atoms with Crippen LogP contribution in [0.1, 0.15) is 28.9 Å². The minimum atomic E-state index is -0.563. The fraction of sp³-hybridized carbons (Fsp3) is 0.222. The van der Waals surface area contributed by atoms with E-state index in [9.17, 15) is 9.59 Å². The monoisotopic (exact) mass is 347 g/mol. The molecule has 0 fully saturated rings. The van der Waals surface area contributed by atoms with Crippen LogP contribution in [-0.2, 0) is 9.53 Å². The van der Waals surface area contributed by atoms with Gasteiger partial charge in [-0.3, -0.25) is 4.79 Å². The van der Waals surface area contributed by atoms with Crippen molar-refractivity contribution in [3.63, 3.8) is 0 Å². The van der Waals surface area contributed by atoms with Crippen molar-refractivity contribution in [2.75, 3.05) is 13.7 Å². The number of carbonyl (C=O) groups is 2. The van der Waals surface area contributed by atoms with E-state index in [2.05, 4.69) is 5.32 Å². The average Bonchev–Trinajstić information content (AvgIpc) is 2.60. The first-order valence-electron chi connectivity index (χ1n) is 7.35. The fourth-order valence-electron chi connectivity index (χ4n) is 2.06. The molecule has 2 aromatic rings. The molecule has 126 valence electrons. The van der Waals surface area contributed by atoms with Gasteiger partial charge in [0.2, 0.25) is 0 Å². The van der Waals surface area contributed by atoms with E-state index in [0.717, 1.165) is 5.56 Å². The van der Waals surface area contributed by atoms with Crippen molar-refractivity contribution in [3.05, 3.63) is 64.7 Å². The number of halogens is 1. The second-order valence-corrected chi connectivity index (χ2v) is 5.58. The van der Waals surface area contributed by atoms with E-state index in [0.29, 0.717) is 16.3 Å². The first kappa shape index (κ1) is 17.8. The van der Waals surface area contributed by atoms with Crippen LogP contribution in [0, 0.1) is 0 Å². The summed E-state index contributed by atoms with van der Waals surface area (Å²) in [5.41, 5.74) is 1.27. The summed E-state index contributed by atoms with van der Waals surface area (Å²) in [6, 6.07) is 13.4.